The van der Waals surface area contributed by atoms with E-state index in [0.717, 1.165) is 0 Å². The smallest absolute Gasteiger partial charge is 0.316 e. The summed E-state index contributed by atoms with van der Waals surface area (Å²) in [7, 11) is 0. The maximum atomic E-state index is 12.2. The van der Waals surface area contributed by atoms with E-state index in [-0.39, 0.29) is 0 Å². The topological polar surface area (TPSA) is 109 Å². The van der Waals surface area contributed by atoms with Crippen LogP contribution in [0.4, 0.5) is 0 Å². The van der Waals surface area contributed by atoms with Crippen molar-refractivity contribution in [3.63, 3.8) is 0 Å². The van der Waals surface area contributed by atoms with Gasteiger partial charge in [0, 0.05) is 11.8 Å². The zero-order valence-electron chi connectivity index (χ0n) is 9.98. The van der Waals surface area contributed by atoms with E-state index >= 15 is 0 Å². The Morgan fingerprint density at radius 3 is 2.47 bits per heavy atom. The van der Waals surface area contributed by atoms with Gasteiger partial charge < -0.3 is 15.8 Å². The lowest BCUT2D eigenvalue weighted by Crippen LogP contribution is -2.35. The molecule has 0 aliphatic rings. The molecule has 0 aliphatic carbocycles. The summed E-state index contributed by atoms with van der Waals surface area (Å²) < 4.78 is 0. The van der Waals surface area contributed by atoms with E-state index in [2.05, 4.69) is 9.97 Å². The van der Waals surface area contributed by atoms with Gasteiger partial charge in [0.2, 0.25) is 0 Å². The number of ketones is 1. The van der Waals surface area contributed by atoms with E-state index in [4.69, 9.17) is 5.73 Å². The normalized spacial score (nSPS) is 13.7. The summed E-state index contributed by atoms with van der Waals surface area (Å²) in [5.74, 6) is -3.12. The number of benzene rings is 1. The van der Waals surface area contributed by atoms with Crippen LogP contribution in [0.3, 0.4) is 0 Å². The Morgan fingerprint density at radius 2 is 1.95 bits per heavy atom. The predicted octanol–water partition coefficient (Wildman–Crippen LogP) is 0.993. The summed E-state index contributed by atoms with van der Waals surface area (Å²) in [6, 6.07) is 7.27. The summed E-state index contributed by atoms with van der Waals surface area (Å²) in [6.07, 6.45) is 2.81. The first-order valence-electron chi connectivity index (χ1n) is 5.67. The number of nitrogens with one attached hydrogen (secondary N) is 1. The number of carbonyl (C=O) groups is 2. The number of aromatic amines is 1. The van der Waals surface area contributed by atoms with Gasteiger partial charge >= 0.3 is 5.97 Å². The van der Waals surface area contributed by atoms with Crippen LogP contribution in [-0.4, -0.2) is 26.8 Å². The van der Waals surface area contributed by atoms with Gasteiger partial charge in [-0.05, 0) is 0 Å². The maximum absolute atomic E-state index is 12.2. The molecular weight excluding hydrogens is 246 g/mol. The molecule has 2 aromatic rings. The number of carbonyl (C=O) groups excluding carboxylic acids is 1. The zero-order valence-corrected chi connectivity index (χ0v) is 9.98. The summed E-state index contributed by atoms with van der Waals surface area (Å²) in [5, 5.41) is 9.24. The van der Waals surface area contributed by atoms with Crippen LogP contribution in [0, 0.1) is 5.92 Å². The highest BCUT2D eigenvalue weighted by molar-refractivity contribution is 6.08. The van der Waals surface area contributed by atoms with Crippen molar-refractivity contribution < 1.29 is 14.7 Å². The lowest BCUT2D eigenvalue weighted by atomic mass is 9.90. The summed E-state index contributed by atoms with van der Waals surface area (Å²) >= 11 is 0. The average molecular weight is 259 g/mol. The van der Waals surface area contributed by atoms with Gasteiger partial charge in [-0.1, -0.05) is 30.3 Å². The molecular formula is C13H13N3O3. The van der Waals surface area contributed by atoms with Gasteiger partial charge in [0.05, 0.1) is 18.1 Å². The van der Waals surface area contributed by atoms with E-state index in [1.54, 1.807) is 30.3 Å². The fraction of sp³-hybridized carbons (Fsp3) is 0.154. The van der Waals surface area contributed by atoms with Gasteiger partial charge in [0.25, 0.3) is 0 Å². The first-order chi connectivity index (χ1) is 9.11. The van der Waals surface area contributed by atoms with Gasteiger partial charge in [-0.15, -0.1) is 0 Å². The predicted molar refractivity (Wildman–Crippen MR) is 67.4 cm³/mol. The van der Waals surface area contributed by atoms with Gasteiger partial charge in [0.1, 0.15) is 5.92 Å². The quantitative estimate of drug-likeness (QED) is 0.548. The molecule has 0 bridgehead atoms. The van der Waals surface area contributed by atoms with E-state index in [1.807, 2.05) is 0 Å². The lowest BCUT2D eigenvalue weighted by Gasteiger charge is -2.17. The molecule has 1 aromatic heterocycles. The Hall–Kier alpha value is -2.47. The minimum absolute atomic E-state index is 0.324. The molecule has 0 fully saturated rings. The molecule has 0 saturated heterocycles. The number of Topliss-reactive ketones (excluding diaryl/α,β-unsaturated/α-hetero) is 1. The van der Waals surface area contributed by atoms with Crippen molar-refractivity contribution in [1.82, 2.24) is 9.97 Å². The third-order valence-corrected chi connectivity index (χ3v) is 2.84. The molecule has 19 heavy (non-hydrogen) atoms. The molecule has 0 amide bonds. The summed E-state index contributed by atoms with van der Waals surface area (Å²) in [6.45, 7) is 0. The summed E-state index contributed by atoms with van der Waals surface area (Å²) in [5.41, 5.74) is 6.59. The SMILES string of the molecule is NC(c1cnc[nH]1)C(C(=O)O)C(=O)c1ccccc1. The largest absolute Gasteiger partial charge is 0.481 e. The zero-order chi connectivity index (χ0) is 13.8. The second-order valence-electron chi connectivity index (χ2n) is 4.08. The van der Waals surface area contributed by atoms with Gasteiger partial charge in [-0.3, -0.25) is 9.59 Å². The van der Waals surface area contributed by atoms with Gasteiger partial charge in [-0.25, -0.2) is 4.98 Å². The monoisotopic (exact) mass is 259 g/mol. The van der Waals surface area contributed by atoms with Crippen molar-refractivity contribution in [1.29, 1.82) is 0 Å². The first kappa shape index (κ1) is 13.0. The fourth-order valence-electron chi connectivity index (χ4n) is 1.84. The van der Waals surface area contributed by atoms with Crippen molar-refractivity contribution in [3.05, 3.63) is 54.1 Å². The van der Waals surface area contributed by atoms with Crippen LogP contribution in [0.5, 0.6) is 0 Å². The van der Waals surface area contributed by atoms with Crippen molar-refractivity contribution in [2.24, 2.45) is 11.7 Å². The fourth-order valence-corrected chi connectivity index (χ4v) is 1.84. The van der Waals surface area contributed by atoms with E-state index in [0.29, 0.717) is 11.3 Å². The van der Waals surface area contributed by atoms with Crippen molar-refractivity contribution in [3.8, 4) is 0 Å². The Kier molecular flexibility index (Phi) is 3.72. The highest BCUT2D eigenvalue weighted by Crippen LogP contribution is 2.22. The van der Waals surface area contributed by atoms with E-state index in [1.165, 1.54) is 12.5 Å². The highest BCUT2D eigenvalue weighted by Gasteiger charge is 2.34. The molecule has 1 aromatic carbocycles. The van der Waals surface area contributed by atoms with E-state index in [9.17, 15) is 14.7 Å². The molecule has 6 heteroatoms. The van der Waals surface area contributed by atoms with Crippen molar-refractivity contribution in [2.45, 2.75) is 6.04 Å². The molecule has 0 saturated carbocycles. The standard InChI is InChI=1S/C13H13N3O3/c14-11(9-6-15-7-16-9)10(13(18)19)12(17)8-4-2-1-3-5-8/h1-7,10-11H,14H2,(H,15,16)(H,18,19). The maximum Gasteiger partial charge on any atom is 0.316 e. The van der Waals surface area contributed by atoms with Crippen LogP contribution in [0.15, 0.2) is 42.9 Å². The lowest BCUT2D eigenvalue weighted by molar-refractivity contribution is -0.140. The Labute approximate surface area is 109 Å². The number of carboxylic acid groups (broad SMARTS) is 1. The number of imidazole rings is 1. The number of hydrogen-bond donors (Lipinski definition) is 3. The van der Waals surface area contributed by atoms with E-state index < -0.39 is 23.7 Å². The Balaban J connectivity index is 2.31. The number of H-pyrrole nitrogens is 1. The van der Waals surface area contributed by atoms with Crippen LogP contribution >= 0.6 is 0 Å². The molecule has 98 valence electrons. The number of rotatable bonds is 5. The van der Waals surface area contributed by atoms with Crippen LogP contribution < -0.4 is 5.73 Å². The Bertz CT molecular complexity index is 566. The minimum Gasteiger partial charge on any atom is -0.481 e. The second kappa shape index (κ2) is 5.45. The Morgan fingerprint density at radius 1 is 1.26 bits per heavy atom. The second-order valence-corrected chi connectivity index (χ2v) is 4.08. The summed E-state index contributed by atoms with van der Waals surface area (Å²) in [4.78, 5) is 30.0. The van der Waals surface area contributed by atoms with Crippen LogP contribution in [0.1, 0.15) is 22.1 Å². The van der Waals surface area contributed by atoms with Crippen LogP contribution in [0.25, 0.3) is 0 Å². The number of nitrogens with two attached hydrogens (primary N) is 1. The highest BCUT2D eigenvalue weighted by atomic mass is 16.4. The number of aliphatic carboxylic acids is 1. The third-order valence-electron chi connectivity index (χ3n) is 2.84. The molecule has 1 heterocycles. The molecule has 0 aliphatic heterocycles. The third kappa shape index (κ3) is 2.69. The van der Waals surface area contributed by atoms with Crippen LogP contribution in [0.2, 0.25) is 0 Å². The first-order valence-corrected chi connectivity index (χ1v) is 5.67. The number of aromatic nitrogens is 2. The number of nitrogens with zero attached hydrogens (tertiary/aromatic N) is 1. The number of hydrogen-bond acceptors (Lipinski definition) is 4. The molecule has 2 atom stereocenters. The molecule has 0 spiro atoms. The molecule has 0 radical (unpaired) electrons. The molecule has 2 rings (SSSR count). The van der Waals surface area contributed by atoms with Crippen molar-refractivity contribution in [2.75, 3.05) is 0 Å². The molecule has 2 unspecified atom stereocenters. The number of carboxylic acids is 1. The van der Waals surface area contributed by atoms with Crippen molar-refractivity contribution >= 4 is 11.8 Å². The van der Waals surface area contributed by atoms with Crippen LogP contribution in [-0.2, 0) is 4.79 Å². The molecule has 4 N–H and O–H groups in total. The minimum atomic E-state index is -1.34. The van der Waals surface area contributed by atoms with Gasteiger partial charge in [0.15, 0.2) is 5.78 Å². The average Bonchev–Trinajstić information content (AvgIpc) is 2.93. The van der Waals surface area contributed by atoms with Gasteiger partial charge in [-0.2, -0.15) is 0 Å². The molecule has 6 nitrogen and oxygen atoms in total.